The lowest BCUT2D eigenvalue weighted by atomic mass is 10.3. The third kappa shape index (κ3) is 3.83. The van der Waals surface area contributed by atoms with Gasteiger partial charge in [0.1, 0.15) is 0 Å². The molecule has 15 heavy (non-hydrogen) atoms. The summed E-state index contributed by atoms with van der Waals surface area (Å²) in [6.07, 6.45) is 2.91. The molecule has 1 N–H and O–H groups in total. The molecular formula is C11H20N4. The second-order valence-electron chi connectivity index (χ2n) is 3.68. The Morgan fingerprint density at radius 2 is 2.20 bits per heavy atom. The number of hydrogen-bond donors (Lipinski definition) is 1. The van der Waals surface area contributed by atoms with Gasteiger partial charge in [-0.3, -0.25) is 0 Å². The summed E-state index contributed by atoms with van der Waals surface area (Å²) in [5.74, 6) is 0.979. The van der Waals surface area contributed by atoms with Crippen LogP contribution in [0, 0.1) is 6.92 Å². The maximum absolute atomic E-state index is 4.16. The lowest BCUT2D eigenvalue weighted by Crippen LogP contribution is -2.32. The topological polar surface area (TPSA) is 41.0 Å². The fourth-order valence-electron chi connectivity index (χ4n) is 1.46. The van der Waals surface area contributed by atoms with Crippen molar-refractivity contribution in [3.63, 3.8) is 0 Å². The molecule has 0 aliphatic heterocycles. The summed E-state index contributed by atoms with van der Waals surface area (Å²) in [5, 5.41) is 11.3. The molecule has 0 aliphatic rings. The maximum Gasteiger partial charge on any atom is 0.151 e. The molecule has 0 fully saturated rings. The summed E-state index contributed by atoms with van der Waals surface area (Å²) in [5.41, 5.74) is 1.16. The molecule has 0 bridgehead atoms. The Balaban J connectivity index is 2.69. The van der Waals surface area contributed by atoms with E-state index in [1.165, 1.54) is 0 Å². The van der Waals surface area contributed by atoms with E-state index < -0.39 is 0 Å². The molecule has 0 atom stereocenters. The van der Waals surface area contributed by atoms with Crippen molar-refractivity contribution in [3.8, 4) is 0 Å². The van der Waals surface area contributed by atoms with E-state index in [2.05, 4.69) is 33.4 Å². The summed E-state index contributed by atoms with van der Waals surface area (Å²) in [6, 6.07) is 2.08. The van der Waals surface area contributed by atoms with E-state index in [4.69, 9.17) is 0 Å². The van der Waals surface area contributed by atoms with Gasteiger partial charge >= 0.3 is 0 Å². The Hall–Kier alpha value is -1.16. The van der Waals surface area contributed by atoms with Crippen molar-refractivity contribution in [2.45, 2.75) is 20.3 Å². The molecule has 0 saturated carbocycles. The van der Waals surface area contributed by atoms with Crippen molar-refractivity contribution < 1.29 is 0 Å². The van der Waals surface area contributed by atoms with Crippen LogP contribution in [0.3, 0.4) is 0 Å². The second-order valence-corrected chi connectivity index (χ2v) is 3.68. The van der Waals surface area contributed by atoms with E-state index in [1.807, 2.05) is 14.0 Å². The van der Waals surface area contributed by atoms with Crippen LogP contribution in [0.2, 0.25) is 0 Å². The van der Waals surface area contributed by atoms with E-state index in [9.17, 15) is 0 Å². The molecule has 0 amide bonds. The van der Waals surface area contributed by atoms with Crippen LogP contribution in [-0.2, 0) is 0 Å². The van der Waals surface area contributed by atoms with E-state index >= 15 is 0 Å². The van der Waals surface area contributed by atoms with Gasteiger partial charge in [0, 0.05) is 19.6 Å². The van der Waals surface area contributed by atoms with Crippen molar-refractivity contribution >= 4 is 5.82 Å². The van der Waals surface area contributed by atoms with E-state index in [-0.39, 0.29) is 0 Å². The van der Waals surface area contributed by atoms with E-state index in [1.54, 1.807) is 6.20 Å². The summed E-state index contributed by atoms with van der Waals surface area (Å²) < 4.78 is 0. The quantitative estimate of drug-likeness (QED) is 0.763. The summed E-state index contributed by atoms with van der Waals surface area (Å²) in [4.78, 5) is 2.26. The van der Waals surface area contributed by atoms with Crippen LogP contribution in [-0.4, -0.2) is 36.9 Å². The van der Waals surface area contributed by atoms with Crippen LogP contribution in [0.15, 0.2) is 12.3 Å². The van der Waals surface area contributed by atoms with Crippen LogP contribution >= 0.6 is 0 Å². The molecule has 1 rings (SSSR count). The fourth-order valence-corrected chi connectivity index (χ4v) is 1.46. The van der Waals surface area contributed by atoms with Gasteiger partial charge in [-0.25, -0.2) is 0 Å². The highest BCUT2D eigenvalue weighted by Crippen LogP contribution is 2.10. The number of rotatable bonds is 6. The normalized spacial score (nSPS) is 10.3. The van der Waals surface area contributed by atoms with Crippen LogP contribution < -0.4 is 10.2 Å². The average molecular weight is 208 g/mol. The number of aryl methyl sites for hydroxylation is 1. The molecule has 0 unspecified atom stereocenters. The van der Waals surface area contributed by atoms with E-state index in [0.29, 0.717) is 0 Å². The van der Waals surface area contributed by atoms with Gasteiger partial charge in [-0.15, -0.1) is 5.10 Å². The fraction of sp³-hybridized carbons (Fsp3) is 0.636. The van der Waals surface area contributed by atoms with Crippen molar-refractivity contribution in [3.05, 3.63) is 17.8 Å². The number of hydrogen-bond acceptors (Lipinski definition) is 4. The monoisotopic (exact) mass is 208 g/mol. The highest BCUT2D eigenvalue weighted by molar-refractivity contribution is 5.38. The van der Waals surface area contributed by atoms with Gasteiger partial charge in [-0.2, -0.15) is 5.10 Å². The van der Waals surface area contributed by atoms with Crippen molar-refractivity contribution in [2.75, 3.05) is 31.6 Å². The summed E-state index contributed by atoms with van der Waals surface area (Å²) in [6.45, 7) is 7.19. The number of nitrogens with one attached hydrogen (secondary N) is 1. The van der Waals surface area contributed by atoms with Gasteiger partial charge in [0.15, 0.2) is 5.82 Å². The standard InChI is InChI=1S/C11H20N4/c1-4-6-15(7-5-12-3)11-8-10(2)9-13-14-11/h8-9,12H,4-7H2,1-3H3. The minimum Gasteiger partial charge on any atom is -0.354 e. The Labute approximate surface area is 91.7 Å². The molecule has 0 aromatic carbocycles. The molecule has 1 aromatic heterocycles. The van der Waals surface area contributed by atoms with Crippen LogP contribution in [0.1, 0.15) is 18.9 Å². The predicted octanol–water partition coefficient (Wildman–Crippen LogP) is 1.22. The molecule has 84 valence electrons. The minimum atomic E-state index is 0.968. The maximum atomic E-state index is 4.16. The summed E-state index contributed by atoms with van der Waals surface area (Å²) >= 11 is 0. The Morgan fingerprint density at radius 3 is 2.80 bits per heavy atom. The molecule has 4 heteroatoms. The van der Waals surface area contributed by atoms with Gasteiger partial charge in [0.2, 0.25) is 0 Å². The van der Waals surface area contributed by atoms with Gasteiger partial charge in [-0.05, 0) is 32.0 Å². The van der Waals surface area contributed by atoms with Crippen molar-refractivity contribution in [1.82, 2.24) is 15.5 Å². The molecule has 0 saturated heterocycles. The first kappa shape index (κ1) is 11.9. The molecule has 4 nitrogen and oxygen atoms in total. The lowest BCUT2D eigenvalue weighted by Gasteiger charge is -2.22. The Morgan fingerprint density at radius 1 is 1.40 bits per heavy atom. The van der Waals surface area contributed by atoms with Gasteiger partial charge < -0.3 is 10.2 Å². The number of nitrogens with zero attached hydrogens (tertiary/aromatic N) is 3. The van der Waals surface area contributed by atoms with Crippen LogP contribution in [0.25, 0.3) is 0 Å². The van der Waals surface area contributed by atoms with Gasteiger partial charge in [0.25, 0.3) is 0 Å². The predicted molar refractivity (Wildman–Crippen MR) is 63.2 cm³/mol. The summed E-state index contributed by atoms with van der Waals surface area (Å²) in [7, 11) is 1.96. The lowest BCUT2D eigenvalue weighted by molar-refractivity contribution is 0.696. The minimum absolute atomic E-state index is 0.968. The second kappa shape index (κ2) is 6.35. The number of likely N-dealkylation sites (N-methyl/N-ethyl adjacent to an activating group) is 1. The Kier molecular flexibility index (Phi) is 5.04. The molecule has 0 radical (unpaired) electrons. The molecule has 1 aromatic rings. The van der Waals surface area contributed by atoms with Crippen molar-refractivity contribution in [1.29, 1.82) is 0 Å². The third-order valence-electron chi connectivity index (χ3n) is 2.23. The Bertz CT molecular complexity index is 288. The number of aromatic nitrogens is 2. The molecule has 0 aliphatic carbocycles. The zero-order valence-electron chi connectivity index (χ0n) is 9.82. The van der Waals surface area contributed by atoms with Gasteiger partial charge in [-0.1, -0.05) is 6.92 Å². The first-order valence-electron chi connectivity index (χ1n) is 5.46. The molecule has 0 spiro atoms. The molecule has 1 heterocycles. The number of anilines is 1. The zero-order chi connectivity index (χ0) is 11.1. The highest BCUT2D eigenvalue weighted by Gasteiger charge is 2.06. The van der Waals surface area contributed by atoms with E-state index in [0.717, 1.165) is 37.4 Å². The SMILES string of the molecule is CCCN(CCNC)c1cc(C)cnn1. The first-order valence-corrected chi connectivity index (χ1v) is 5.46. The van der Waals surface area contributed by atoms with Gasteiger partial charge in [0.05, 0.1) is 6.20 Å². The highest BCUT2D eigenvalue weighted by atomic mass is 15.3. The third-order valence-corrected chi connectivity index (χ3v) is 2.23. The smallest absolute Gasteiger partial charge is 0.151 e. The zero-order valence-corrected chi connectivity index (χ0v) is 9.82. The largest absolute Gasteiger partial charge is 0.354 e. The average Bonchev–Trinajstić information content (AvgIpc) is 2.24. The molecular weight excluding hydrogens is 188 g/mol. The first-order chi connectivity index (χ1) is 7.27. The van der Waals surface area contributed by atoms with Crippen LogP contribution in [0.5, 0.6) is 0 Å². The van der Waals surface area contributed by atoms with Crippen LogP contribution in [0.4, 0.5) is 5.82 Å². The van der Waals surface area contributed by atoms with Crippen molar-refractivity contribution in [2.24, 2.45) is 0 Å².